The zero-order chi connectivity index (χ0) is 15.4. The Hall–Kier alpha value is -2.15. The number of anilines is 1. The van der Waals surface area contributed by atoms with Crippen LogP contribution in [0.2, 0.25) is 0 Å². The van der Waals surface area contributed by atoms with Crippen LogP contribution in [0.3, 0.4) is 0 Å². The Bertz CT molecular complexity index is 679. The molecule has 2 aromatic carbocycles. The van der Waals surface area contributed by atoms with Crippen LogP contribution in [0.25, 0.3) is 0 Å². The molecule has 0 saturated carbocycles. The van der Waals surface area contributed by atoms with Crippen molar-refractivity contribution in [2.45, 2.75) is 6.92 Å². The molecule has 21 heavy (non-hydrogen) atoms. The summed E-state index contributed by atoms with van der Waals surface area (Å²) in [6, 6.07) is 8.59. The number of nitrogens with one attached hydrogen (secondary N) is 1. The molecule has 0 spiro atoms. The molecule has 0 radical (unpaired) electrons. The van der Waals surface area contributed by atoms with Gasteiger partial charge in [-0.2, -0.15) is 0 Å². The molecule has 0 aliphatic rings. The van der Waals surface area contributed by atoms with E-state index in [9.17, 15) is 14.5 Å². The summed E-state index contributed by atoms with van der Waals surface area (Å²) in [5.74, 6) is -0.268. The maximum Gasteiger partial charge on any atom is 0.334 e. The monoisotopic (exact) mass is 354 g/mol. The fraction of sp³-hybridized carbons (Fsp3) is 0.143. The first kappa shape index (κ1) is 15.2. The van der Waals surface area contributed by atoms with Crippen LogP contribution >= 0.6 is 15.9 Å². The summed E-state index contributed by atoms with van der Waals surface area (Å²) >= 11 is 3.22. The van der Waals surface area contributed by atoms with E-state index in [1.165, 1.54) is 18.2 Å². The van der Waals surface area contributed by atoms with Crippen LogP contribution in [0.1, 0.15) is 6.92 Å². The van der Waals surface area contributed by atoms with E-state index < -0.39 is 10.7 Å². The number of benzene rings is 2. The molecule has 2 aromatic rings. The molecule has 2 rings (SSSR count). The van der Waals surface area contributed by atoms with Crippen molar-refractivity contribution in [2.75, 3.05) is 11.9 Å². The molecule has 0 aliphatic carbocycles. The van der Waals surface area contributed by atoms with Crippen LogP contribution in [0.15, 0.2) is 40.9 Å². The Morgan fingerprint density at radius 3 is 2.76 bits per heavy atom. The van der Waals surface area contributed by atoms with Crippen LogP contribution in [-0.2, 0) is 0 Å². The fourth-order valence-electron chi connectivity index (χ4n) is 1.80. The van der Waals surface area contributed by atoms with E-state index in [4.69, 9.17) is 4.74 Å². The van der Waals surface area contributed by atoms with E-state index in [1.807, 2.05) is 6.92 Å². The highest BCUT2D eigenvalue weighted by molar-refractivity contribution is 9.10. The lowest BCUT2D eigenvalue weighted by atomic mass is 10.2. The van der Waals surface area contributed by atoms with E-state index in [0.29, 0.717) is 16.7 Å². The second-order valence-electron chi connectivity index (χ2n) is 4.12. The molecule has 0 aromatic heterocycles. The number of nitro groups is 1. The van der Waals surface area contributed by atoms with Crippen LogP contribution in [-0.4, -0.2) is 11.5 Å². The predicted molar refractivity (Wildman–Crippen MR) is 81.4 cm³/mol. The highest BCUT2D eigenvalue weighted by Crippen LogP contribution is 2.39. The Labute approximate surface area is 129 Å². The predicted octanol–water partition coefficient (Wildman–Crippen LogP) is 4.72. The number of nitrogens with zero attached hydrogens (tertiary/aromatic N) is 1. The summed E-state index contributed by atoms with van der Waals surface area (Å²) < 4.78 is 19.3. The molecular weight excluding hydrogens is 343 g/mol. The largest absolute Gasteiger partial charge is 0.449 e. The molecule has 0 saturated heterocycles. The van der Waals surface area contributed by atoms with Gasteiger partial charge in [-0.05, 0) is 47.1 Å². The number of halogens is 2. The Kier molecular flexibility index (Phi) is 4.74. The second kappa shape index (κ2) is 6.53. The van der Waals surface area contributed by atoms with Gasteiger partial charge in [0.2, 0.25) is 5.75 Å². The average Bonchev–Trinajstić information content (AvgIpc) is 2.43. The maximum atomic E-state index is 13.3. The summed E-state index contributed by atoms with van der Waals surface area (Å²) in [7, 11) is 0. The third-order valence-corrected chi connectivity index (χ3v) is 3.32. The summed E-state index contributed by atoms with van der Waals surface area (Å²) in [5, 5.41) is 14.2. The first-order valence-electron chi connectivity index (χ1n) is 6.17. The molecule has 0 amide bonds. The maximum absolute atomic E-state index is 13.3. The van der Waals surface area contributed by atoms with Gasteiger partial charge >= 0.3 is 5.69 Å². The van der Waals surface area contributed by atoms with E-state index in [0.717, 1.165) is 6.07 Å². The van der Waals surface area contributed by atoms with Crippen molar-refractivity contribution in [1.29, 1.82) is 0 Å². The van der Waals surface area contributed by atoms with Crippen molar-refractivity contribution in [2.24, 2.45) is 0 Å². The van der Waals surface area contributed by atoms with Gasteiger partial charge in [0.1, 0.15) is 17.3 Å². The third kappa shape index (κ3) is 3.49. The van der Waals surface area contributed by atoms with Crippen molar-refractivity contribution in [3.8, 4) is 11.5 Å². The topological polar surface area (TPSA) is 64.4 Å². The molecule has 0 atom stereocenters. The normalized spacial score (nSPS) is 10.2. The van der Waals surface area contributed by atoms with Crippen molar-refractivity contribution in [3.05, 3.63) is 56.8 Å². The lowest BCUT2D eigenvalue weighted by molar-refractivity contribution is -0.384. The number of hydrogen-bond acceptors (Lipinski definition) is 4. The smallest absolute Gasteiger partial charge is 0.334 e. The van der Waals surface area contributed by atoms with Gasteiger partial charge in [0.25, 0.3) is 0 Å². The first-order valence-corrected chi connectivity index (χ1v) is 6.96. The first-order chi connectivity index (χ1) is 10.0. The van der Waals surface area contributed by atoms with E-state index >= 15 is 0 Å². The van der Waals surface area contributed by atoms with Gasteiger partial charge in [-0.25, -0.2) is 4.39 Å². The van der Waals surface area contributed by atoms with Crippen molar-refractivity contribution >= 4 is 27.3 Å². The standard InChI is InChI=1S/C14H12BrFN2O3/c1-2-17-11-4-3-5-12(14(11)18(19)20)21-13-8-9(16)6-7-10(13)15/h3-8,17H,2H2,1H3. The van der Waals surface area contributed by atoms with Gasteiger partial charge in [-0.1, -0.05) is 6.07 Å². The van der Waals surface area contributed by atoms with Gasteiger partial charge < -0.3 is 10.1 Å². The highest BCUT2D eigenvalue weighted by atomic mass is 79.9. The minimum atomic E-state index is -0.527. The van der Waals surface area contributed by atoms with Gasteiger partial charge in [-0.3, -0.25) is 10.1 Å². The van der Waals surface area contributed by atoms with E-state index in [2.05, 4.69) is 21.2 Å². The van der Waals surface area contributed by atoms with Gasteiger partial charge in [0, 0.05) is 12.6 Å². The SMILES string of the molecule is CCNc1cccc(Oc2cc(F)ccc2Br)c1[N+](=O)[O-]. The summed E-state index contributed by atoms with van der Waals surface area (Å²) in [4.78, 5) is 10.7. The summed E-state index contributed by atoms with van der Waals surface area (Å²) in [5.41, 5.74) is 0.169. The van der Waals surface area contributed by atoms with Crippen molar-refractivity contribution < 1.29 is 14.1 Å². The Balaban J connectivity index is 2.46. The molecule has 110 valence electrons. The molecule has 0 heterocycles. The molecule has 0 unspecified atom stereocenters. The summed E-state index contributed by atoms with van der Waals surface area (Å²) in [6.45, 7) is 2.37. The van der Waals surface area contributed by atoms with Crippen LogP contribution in [0, 0.1) is 15.9 Å². The average molecular weight is 355 g/mol. The van der Waals surface area contributed by atoms with Gasteiger partial charge in [0.05, 0.1) is 9.40 Å². The summed E-state index contributed by atoms with van der Waals surface area (Å²) in [6.07, 6.45) is 0. The lowest BCUT2D eigenvalue weighted by Crippen LogP contribution is -2.02. The van der Waals surface area contributed by atoms with Crippen LogP contribution in [0.5, 0.6) is 11.5 Å². The number of rotatable bonds is 5. The molecule has 7 heteroatoms. The number of ether oxygens (including phenoxy) is 1. The molecule has 1 N–H and O–H groups in total. The van der Waals surface area contributed by atoms with Crippen molar-refractivity contribution in [3.63, 3.8) is 0 Å². The fourth-order valence-corrected chi connectivity index (χ4v) is 2.13. The molecular formula is C14H12BrFN2O3. The third-order valence-electron chi connectivity index (χ3n) is 2.66. The Morgan fingerprint density at radius 1 is 1.33 bits per heavy atom. The van der Waals surface area contributed by atoms with Crippen LogP contribution < -0.4 is 10.1 Å². The second-order valence-corrected chi connectivity index (χ2v) is 4.97. The molecule has 0 aliphatic heterocycles. The Morgan fingerprint density at radius 2 is 2.10 bits per heavy atom. The number of hydrogen-bond donors (Lipinski definition) is 1. The zero-order valence-corrected chi connectivity index (χ0v) is 12.7. The van der Waals surface area contributed by atoms with E-state index in [1.54, 1.807) is 12.1 Å². The minimum Gasteiger partial charge on any atom is -0.449 e. The van der Waals surface area contributed by atoms with Crippen LogP contribution in [0.4, 0.5) is 15.8 Å². The van der Waals surface area contributed by atoms with Crippen molar-refractivity contribution in [1.82, 2.24) is 0 Å². The van der Waals surface area contributed by atoms with E-state index in [-0.39, 0.29) is 17.2 Å². The molecule has 0 bridgehead atoms. The number of nitro benzene ring substituents is 1. The van der Waals surface area contributed by atoms with Gasteiger partial charge in [-0.15, -0.1) is 0 Å². The minimum absolute atomic E-state index is 0.0461. The molecule has 0 fully saturated rings. The quantitative estimate of drug-likeness (QED) is 0.623. The molecule has 5 nitrogen and oxygen atoms in total. The van der Waals surface area contributed by atoms with Gasteiger partial charge in [0.15, 0.2) is 0 Å². The highest BCUT2D eigenvalue weighted by Gasteiger charge is 2.21. The number of para-hydroxylation sites is 1. The lowest BCUT2D eigenvalue weighted by Gasteiger charge is -2.11. The zero-order valence-electron chi connectivity index (χ0n) is 11.1.